The maximum Gasteiger partial charge on any atom is 0.129 e. The van der Waals surface area contributed by atoms with Gasteiger partial charge in [0, 0.05) is 30.2 Å². The van der Waals surface area contributed by atoms with Gasteiger partial charge in [-0.2, -0.15) is 0 Å². The van der Waals surface area contributed by atoms with Crippen LogP contribution < -0.4 is 10.2 Å². The van der Waals surface area contributed by atoms with Crippen molar-refractivity contribution < 1.29 is 4.39 Å². The highest BCUT2D eigenvalue weighted by Crippen LogP contribution is 2.24. The Morgan fingerprint density at radius 2 is 2.21 bits per heavy atom. The molecule has 0 radical (unpaired) electrons. The first-order chi connectivity index (χ1) is 9.11. The van der Waals surface area contributed by atoms with Crippen LogP contribution >= 0.6 is 11.3 Å². The predicted octanol–water partition coefficient (Wildman–Crippen LogP) is 2.95. The van der Waals surface area contributed by atoms with Gasteiger partial charge in [-0.05, 0) is 26.1 Å². The van der Waals surface area contributed by atoms with Crippen molar-refractivity contribution in [3.8, 4) is 0 Å². The van der Waals surface area contributed by atoms with Gasteiger partial charge in [0.05, 0.1) is 17.2 Å². The quantitative estimate of drug-likeness (QED) is 0.912. The molecule has 2 aromatic rings. The molecule has 102 valence electrons. The van der Waals surface area contributed by atoms with Crippen molar-refractivity contribution in [2.45, 2.75) is 20.0 Å². The summed E-state index contributed by atoms with van der Waals surface area (Å²) in [5.41, 5.74) is 2.61. The molecule has 0 unspecified atom stereocenters. The van der Waals surface area contributed by atoms with Crippen molar-refractivity contribution in [2.24, 2.45) is 0 Å². The third kappa shape index (κ3) is 3.30. The molecule has 19 heavy (non-hydrogen) atoms. The molecule has 3 nitrogen and oxygen atoms in total. The molecular weight excluding hydrogens is 261 g/mol. The first-order valence-corrected chi connectivity index (χ1v) is 7.04. The molecule has 0 spiro atoms. The van der Waals surface area contributed by atoms with Crippen molar-refractivity contribution >= 4 is 17.0 Å². The summed E-state index contributed by atoms with van der Waals surface area (Å²) in [7, 11) is 3.78. The number of nitrogens with zero attached hydrogens (tertiary/aromatic N) is 2. The van der Waals surface area contributed by atoms with Crippen molar-refractivity contribution in [3.63, 3.8) is 0 Å². The van der Waals surface area contributed by atoms with Crippen molar-refractivity contribution in [3.05, 3.63) is 45.7 Å². The summed E-state index contributed by atoms with van der Waals surface area (Å²) in [4.78, 5) is 6.47. The van der Waals surface area contributed by atoms with E-state index in [1.54, 1.807) is 17.4 Å². The fourth-order valence-corrected chi connectivity index (χ4v) is 2.67. The second-order valence-electron chi connectivity index (χ2n) is 4.48. The molecule has 1 aromatic heterocycles. The number of benzene rings is 1. The van der Waals surface area contributed by atoms with Crippen LogP contribution in [0.1, 0.15) is 16.3 Å². The number of rotatable bonds is 5. The summed E-state index contributed by atoms with van der Waals surface area (Å²) < 4.78 is 13.9. The lowest BCUT2D eigenvalue weighted by Gasteiger charge is -2.22. The first-order valence-electron chi connectivity index (χ1n) is 6.16. The number of anilines is 1. The standard InChI is InChI=1S/C14H18FN3S/c1-10-17-11(9-19-10)8-18(3)14-6-4-5-13(15)12(14)7-16-2/h4-6,9,16H,7-8H2,1-3H3. The number of aromatic nitrogens is 1. The largest absolute Gasteiger partial charge is 0.368 e. The molecule has 0 fully saturated rings. The van der Waals surface area contributed by atoms with Crippen LogP contribution in [0.2, 0.25) is 0 Å². The van der Waals surface area contributed by atoms with E-state index in [0.29, 0.717) is 18.7 Å². The van der Waals surface area contributed by atoms with Crippen LogP contribution in [-0.2, 0) is 13.1 Å². The summed E-state index contributed by atoms with van der Waals surface area (Å²) >= 11 is 1.63. The van der Waals surface area contributed by atoms with Gasteiger partial charge in [0.25, 0.3) is 0 Å². The lowest BCUT2D eigenvalue weighted by molar-refractivity contribution is 0.599. The zero-order chi connectivity index (χ0) is 13.8. The Morgan fingerprint density at radius 1 is 1.42 bits per heavy atom. The maximum absolute atomic E-state index is 13.9. The van der Waals surface area contributed by atoms with Crippen molar-refractivity contribution in [1.29, 1.82) is 0 Å². The van der Waals surface area contributed by atoms with Crippen LogP contribution in [0.5, 0.6) is 0 Å². The van der Waals surface area contributed by atoms with Gasteiger partial charge < -0.3 is 10.2 Å². The normalized spacial score (nSPS) is 10.7. The van der Waals surface area contributed by atoms with E-state index in [-0.39, 0.29) is 5.82 Å². The smallest absolute Gasteiger partial charge is 0.129 e. The van der Waals surface area contributed by atoms with Crippen molar-refractivity contribution in [1.82, 2.24) is 10.3 Å². The van der Waals surface area contributed by atoms with Crippen LogP contribution in [0.15, 0.2) is 23.6 Å². The van der Waals surface area contributed by atoms with E-state index >= 15 is 0 Å². The number of halogens is 1. The highest BCUT2D eigenvalue weighted by Gasteiger charge is 2.12. The molecule has 0 saturated carbocycles. The lowest BCUT2D eigenvalue weighted by Crippen LogP contribution is -2.20. The van der Waals surface area contributed by atoms with Crippen LogP contribution in [0.3, 0.4) is 0 Å². The fourth-order valence-electron chi connectivity index (χ4n) is 2.07. The monoisotopic (exact) mass is 279 g/mol. The van der Waals surface area contributed by atoms with Gasteiger partial charge in [-0.3, -0.25) is 0 Å². The summed E-state index contributed by atoms with van der Waals surface area (Å²) in [6, 6.07) is 5.18. The third-order valence-corrected chi connectivity index (χ3v) is 3.75. The number of hydrogen-bond donors (Lipinski definition) is 1. The van der Waals surface area contributed by atoms with Crippen LogP contribution in [0.25, 0.3) is 0 Å². The highest BCUT2D eigenvalue weighted by atomic mass is 32.1. The van der Waals surface area contributed by atoms with E-state index in [2.05, 4.69) is 10.3 Å². The molecule has 1 heterocycles. The fraction of sp³-hybridized carbons (Fsp3) is 0.357. The van der Waals surface area contributed by atoms with E-state index in [0.717, 1.165) is 16.4 Å². The van der Waals surface area contributed by atoms with Gasteiger partial charge in [0.2, 0.25) is 0 Å². The molecule has 1 aromatic carbocycles. The Balaban J connectivity index is 2.23. The molecule has 0 bridgehead atoms. The molecule has 1 N–H and O–H groups in total. The molecule has 0 atom stereocenters. The summed E-state index contributed by atoms with van der Waals surface area (Å²) in [6.45, 7) is 3.19. The minimum absolute atomic E-state index is 0.173. The second-order valence-corrected chi connectivity index (χ2v) is 5.54. The van der Waals surface area contributed by atoms with Gasteiger partial charge in [0.15, 0.2) is 0 Å². The topological polar surface area (TPSA) is 28.2 Å². The Bertz CT molecular complexity index is 553. The SMILES string of the molecule is CNCc1c(F)cccc1N(C)Cc1csc(C)n1. The summed E-state index contributed by atoms with van der Waals surface area (Å²) in [6.07, 6.45) is 0. The number of aryl methyl sites for hydroxylation is 1. The molecule has 2 rings (SSSR count). The van der Waals surface area contributed by atoms with E-state index in [1.807, 2.05) is 37.4 Å². The molecule has 0 aliphatic heterocycles. The minimum Gasteiger partial charge on any atom is -0.368 e. The molecule has 0 saturated heterocycles. The number of hydrogen-bond acceptors (Lipinski definition) is 4. The van der Waals surface area contributed by atoms with Gasteiger partial charge in [-0.15, -0.1) is 11.3 Å². The molecular formula is C14H18FN3S. The minimum atomic E-state index is -0.173. The predicted molar refractivity (Wildman–Crippen MR) is 78.1 cm³/mol. The van der Waals surface area contributed by atoms with Crippen LogP contribution in [-0.4, -0.2) is 19.1 Å². The van der Waals surface area contributed by atoms with Crippen LogP contribution in [0.4, 0.5) is 10.1 Å². The van der Waals surface area contributed by atoms with Gasteiger partial charge in [0.1, 0.15) is 5.82 Å². The summed E-state index contributed by atoms with van der Waals surface area (Å²) in [5.74, 6) is -0.173. The molecule has 0 amide bonds. The Morgan fingerprint density at radius 3 is 2.84 bits per heavy atom. The molecule has 5 heteroatoms. The van der Waals surface area contributed by atoms with E-state index in [1.165, 1.54) is 6.07 Å². The lowest BCUT2D eigenvalue weighted by atomic mass is 10.1. The van der Waals surface area contributed by atoms with E-state index < -0.39 is 0 Å². The number of nitrogens with one attached hydrogen (secondary N) is 1. The van der Waals surface area contributed by atoms with E-state index in [9.17, 15) is 4.39 Å². The van der Waals surface area contributed by atoms with Gasteiger partial charge in [-0.25, -0.2) is 9.37 Å². The van der Waals surface area contributed by atoms with Crippen LogP contribution in [0, 0.1) is 12.7 Å². The Hall–Kier alpha value is -1.46. The van der Waals surface area contributed by atoms with Gasteiger partial charge >= 0.3 is 0 Å². The average molecular weight is 279 g/mol. The zero-order valence-electron chi connectivity index (χ0n) is 11.4. The van der Waals surface area contributed by atoms with Gasteiger partial charge in [-0.1, -0.05) is 6.07 Å². The number of thiazole rings is 1. The zero-order valence-corrected chi connectivity index (χ0v) is 12.2. The Labute approximate surface area is 117 Å². The van der Waals surface area contributed by atoms with Crippen molar-refractivity contribution in [2.75, 3.05) is 19.0 Å². The Kier molecular flexibility index (Phi) is 4.50. The summed E-state index contributed by atoms with van der Waals surface area (Å²) in [5, 5.41) is 6.11. The van der Waals surface area contributed by atoms with E-state index in [4.69, 9.17) is 0 Å². The first kappa shape index (κ1) is 14.0. The average Bonchev–Trinajstić information content (AvgIpc) is 2.77. The second kappa shape index (κ2) is 6.12. The third-order valence-electron chi connectivity index (χ3n) is 2.92. The maximum atomic E-state index is 13.9. The molecule has 0 aliphatic carbocycles. The highest BCUT2D eigenvalue weighted by molar-refractivity contribution is 7.09. The molecule has 0 aliphatic rings.